The molecule has 108 valence electrons. The number of hydrogen-bond acceptors (Lipinski definition) is 4. The van der Waals surface area contributed by atoms with Crippen LogP contribution in [0.5, 0.6) is 0 Å². The highest BCUT2D eigenvalue weighted by atomic mass is 16.5. The van der Waals surface area contributed by atoms with E-state index in [1.807, 2.05) is 12.1 Å². The quantitative estimate of drug-likeness (QED) is 0.328. The fourth-order valence-corrected chi connectivity index (χ4v) is 2.19. The van der Waals surface area contributed by atoms with Crippen LogP contribution in [0.25, 0.3) is 0 Å². The van der Waals surface area contributed by atoms with E-state index >= 15 is 0 Å². The number of nitrogens with two attached hydrogens (primary N) is 1. The van der Waals surface area contributed by atoms with Gasteiger partial charge in [-0.1, -0.05) is 23.4 Å². The number of rotatable bonds is 4. The van der Waals surface area contributed by atoms with Crippen LogP contribution in [-0.2, 0) is 16.1 Å². The van der Waals surface area contributed by atoms with Gasteiger partial charge >= 0.3 is 0 Å². The number of benzene rings is 1. The minimum absolute atomic E-state index is 0.0380. The molecule has 1 saturated heterocycles. The van der Waals surface area contributed by atoms with E-state index < -0.39 is 0 Å². The molecule has 1 aliphatic heterocycles. The van der Waals surface area contributed by atoms with E-state index in [1.165, 1.54) is 0 Å². The molecule has 0 unspecified atom stereocenters. The van der Waals surface area contributed by atoms with Crippen molar-refractivity contribution in [3.63, 3.8) is 0 Å². The normalized spacial score (nSPS) is 16.9. The Labute approximate surface area is 117 Å². The number of nitrogens with one attached hydrogen (secondary N) is 1. The highest BCUT2D eigenvalue weighted by molar-refractivity contribution is 5.97. The van der Waals surface area contributed by atoms with E-state index in [0.29, 0.717) is 25.3 Å². The summed E-state index contributed by atoms with van der Waals surface area (Å²) < 4.78 is 5.24. The van der Waals surface area contributed by atoms with Crippen molar-refractivity contribution in [2.24, 2.45) is 16.8 Å². The molecule has 0 bridgehead atoms. The fourth-order valence-electron chi connectivity index (χ4n) is 2.19. The van der Waals surface area contributed by atoms with Crippen molar-refractivity contribution >= 4 is 11.7 Å². The molecule has 0 saturated carbocycles. The van der Waals surface area contributed by atoms with E-state index in [2.05, 4.69) is 10.5 Å². The van der Waals surface area contributed by atoms with E-state index in [9.17, 15) is 4.79 Å². The summed E-state index contributed by atoms with van der Waals surface area (Å²) in [7, 11) is 0. The molecule has 4 N–H and O–H groups in total. The number of ether oxygens (including phenoxy) is 1. The number of hydrogen-bond donors (Lipinski definition) is 3. The van der Waals surface area contributed by atoms with Crippen molar-refractivity contribution in [1.82, 2.24) is 5.32 Å². The Morgan fingerprint density at radius 3 is 2.90 bits per heavy atom. The lowest BCUT2D eigenvalue weighted by molar-refractivity contribution is -0.128. The van der Waals surface area contributed by atoms with Crippen LogP contribution >= 0.6 is 0 Å². The Morgan fingerprint density at radius 2 is 2.20 bits per heavy atom. The van der Waals surface area contributed by atoms with Crippen LogP contribution in [0.15, 0.2) is 29.4 Å². The second-order valence-corrected chi connectivity index (χ2v) is 4.79. The number of amidine groups is 1. The van der Waals surface area contributed by atoms with Crippen molar-refractivity contribution < 1.29 is 14.7 Å². The van der Waals surface area contributed by atoms with Gasteiger partial charge in [0.2, 0.25) is 5.91 Å². The molecule has 1 aromatic carbocycles. The molecule has 0 aromatic heterocycles. The van der Waals surface area contributed by atoms with Crippen LogP contribution in [0.2, 0.25) is 0 Å². The van der Waals surface area contributed by atoms with Crippen LogP contribution in [0, 0.1) is 5.92 Å². The maximum Gasteiger partial charge on any atom is 0.223 e. The van der Waals surface area contributed by atoms with Gasteiger partial charge in [0.25, 0.3) is 0 Å². The van der Waals surface area contributed by atoms with Gasteiger partial charge in [-0.05, 0) is 24.5 Å². The third-order valence-electron chi connectivity index (χ3n) is 3.39. The van der Waals surface area contributed by atoms with Gasteiger partial charge in [-0.2, -0.15) is 0 Å². The molecular formula is C14H19N3O3. The fraction of sp³-hybridized carbons (Fsp3) is 0.429. The Hall–Kier alpha value is -2.08. The molecule has 0 radical (unpaired) electrons. The average Bonchev–Trinajstić information content (AvgIpc) is 2.53. The van der Waals surface area contributed by atoms with Gasteiger partial charge in [0.15, 0.2) is 5.84 Å². The Kier molecular flexibility index (Phi) is 4.95. The lowest BCUT2D eigenvalue weighted by Gasteiger charge is -2.21. The van der Waals surface area contributed by atoms with Gasteiger partial charge in [0.1, 0.15) is 0 Å². The topological polar surface area (TPSA) is 96.9 Å². The third kappa shape index (κ3) is 3.71. The summed E-state index contributed by atoms with van der Waals surface area (Å²) in [5, 5.41) is 14.5. The number of oxime groups is 1. The van der Waals surface area contributed by atoms with E-state index in [0.717, 1.165) is 18.4 Å². The molecule has 0 atom stereocenters. The summed E-state index contributed by atoms with van der Waals surface area (Å²) in [6.07, 6.45) is 1.55. The summed E-state index contributed by atoms with van der Waals surface area (Å²) in [4.78, 5) is 12.0. The van der Waals surface area contributed by atoms with Crippen molar-refractivity contribution in [2.75, 3.05) is 13.2 Å². The van der Waals surface area contributed by atoms with Crippen LogP contribution in [0.4, 0.5) is 0 Å². The molecule has 2 rings (SSSR count). The molecule has 6 heteroatoms. The second kappa shape index (κ2) is 6.91. The molecule has 1 heterocycles. The number of carbonyl (C=O) groups is 1. The zero-order valence-corrected chi connectivity index (χ0v) is 11.2. The lowest BCUT2D eigenvalue weighted by Crippen LogP contribution is -2.33. The molecule has 1 amide bonds. The highest BCUT2D eigenvalue weighted by Gasteiger charge is 2.20. The first-order valence-electron chi connectivity index (χ1n) is 6.63. The van der Waals surface area contributed by atoms with Gasteiger partial charge in [0.05, 0.1) is 0 Å². The molecule has 1 aliphatic rings. The van der Waals surface area contributed by atoms with E-state index in [4.69, 9.17) is 15.7 Å². The summed E-state index contributed by atoms with van der Waals surface area (Å²) in [6.45, 7) is 1.73. The van der Waals surface area contributed by atoms with Crippen molar-refractivity contribution in [3.05, 3.63) is 35.4 Å². The lowest BCUT2D eigenvalue weighted by atomic mass is 9.99. The van der Waals surface area contributed by atoms with E-state index in [1.54, 1.807) is 12.1 Å². The van der Waals surface area contributed by atoms with Crippen molar-refractivity contribution in [2.45, 2.75) is 19.4 Å². The molecule has 0 aliphatic carbocycles. The number of carbonyl (C=O) groups excluding carboxylic acids is 1. The van der Waals surface area contributed by atoms with E-state index in [-0.39, 0.29) is 17.7 Å². The first-order valence-corrected chi connectivity index (χ1v) is 6.63. The van der Waals surface area contributed by atoms with Gasteiger partial charge in [0, 0.05) is 31.2 Å². The molecule has 0 spiro atoms. The van der Waals surface area contributed by atoms with Gasteiger partial charge in [-0.15, -0.1) is 0 Å². The minimum Gasteiger partial charge on any atom is -0.409 e. The Morgan fingerprint density at radius 1 is 1.45 bits per heavy atom. The van der Waals surface area contributed by atoms with Gasteiger partial charge in [-0.3, -0.25) is 4.79 Å². The van der Waals surface area contributed by atoms with Gasteiger partial charge in [-0.25, -0.2) is 0 Å². The maximum absolute atomic E-state index is 12.0. The zero-order chi connectivity index (χ0) is 14.4. The highest BCUT2D eigenvalue weighted by Crippen LogP contribution is 2.15. The molecule has 6 nitrogen and oxygen atoms in total. The van der Waals surface area contributed by atoms with Crippen LogP contribution < -0.4 is 11.1 Å². The summed E-state index contributed by atoms with van der Waals surface area (Å²) in [6, 6.07) is 7.24. The molecule has 1 aromatic rings. The Balaban J connectivity index is 1.91. The van der Waals surface area contributed by atoms with Crippen LogP contribution in [-0.4, -0.2) is 30.2 Å². The summed E-state index contributed by atoms with van der Waals surface area (Å²) in [5.41, 5.74) is 7.08. The van der Waals surface area contributed by atoms with Crippen molar-refractivity contribution in [3.8, 4) is 0 Å². The van der Waals surface area contributed by atoms with Crippen LogP contribution in [0.3, 0.4) is 0 Å². The average molecular weight is 277 g/mol. The number of nitrogens with zero attached hydrogens (tertiary/aromatic N) is 1. The largest absolute Gasteiger partial charge is 0.409 e. The predicted octanol–water partition coefficient (Wildman–Crippen LogP) is 0.824. The smallest absolute Gasteiger partial charge is 0.223 e. The summed E-state index contributed by atoms with van der Waals surface area (Å²) in [5.74, 6) is 0.154. The first-order chi connectivity index (χ1) is 9.70. The zero-order valence-electron chi connectivity index (χ0n) is 11.2. The molecule has 20 heavy (non-hydrogen) atoms. The first kappa shape index (κ1) is 14.3. The monoisotopic (exact) mass is 277 g/mol. The maximum atomic E-state index is 12.0. The molecular weight excluding hydrogens is 258 g/mol. The second-order valence-electron chi connectivity index (χ2n) is 4.79. The van der Waals surface area contributed by atoms with Crippen LogP contribution in [0.1, 0.15) is 24.0 Å². The standard InChI is InChI=1S/C14H19N3O3/c15-13(17-19)12-3-1-2-10(8-12)9-16-14(18)11-4-6-20-7-5-11/h1-3,8,11,19H,4-7,9H2,(H2,15,17)(H,16,18). The third-order valence-corrected chi connectivity index (χ3v) is 3.39. The predicted molar refractivity (Wildman–Crippen MR) is 74.3 cm³/mol. The Bertz CT molecular complexity index is 496. The van der Waals surface area contributed by atoms with Gasteiger partial charge < -0.3 is 21.0 Å². The minimum atomic E-state index is 0.0380. The summed E-state index contributed by atoms with van der Waals surface area (Å²) >= 11 is 0. The number of amides is 1. The molecule has 1 fully saturated rings. The van der Waals surface area contributed by atoms with Crippen molar-refractivity contribution in [1.29, 1.82) is 0 Å². The SMILES string of the molecule is NC(=NO)c1cccc(CNC(=O)C2CCOCC2)c1.